The average Bonchev–Trinajstić information content (AvgIpc) is 2.27. The molecule has 5 heteroatoms. The van der Waals surface area contributed by atoms with Crippen LogP contribution in [0.3, 0.4) is 0 Å². The number of halogens is 1. The number of hydrogen-bond donors (Lipinski definition) is 3. The molecule has 4 N–H and O–H groups in total. The van der Waals surface area contributed by atoms with Crippen molar-refractivity contribution < 1.29 is 0 Å². The summed E-state index contributed by atoms with van der Waals surface area (Å²) in [6.07, 6.45) is 2.20. The molecule has 1 aliphatic rings. The Morgan fingerprint density at radius 1 is 1.50 bits per heavy atom. The standard InChI is InChI=1S/C11H17ClN4/c1-7-9(12)6-10(13)11(15-7)16-8-2-4-14-5-3-8/h6,8,14H,2-5,13H2,1H3,(H,15,16). The van der Waals surface area contributed by atoms with Crippen LogP contribution in [-0.4, -0.2) is 24.1 Å². The summed E-state index contributed by atoms with van der Waals surface area (Å²) in [5.41, 5.74) is 7.31. The van der Waals surface area contributed by atoms with E-state index in [0.29, 0.717) is 16.8 Å². The third-order valence-electron chi connectivity index (χ3n) is 2.86. The first-order valence-electron chi connectivity index (χ1n) is 5.56. The molecule has 16 heavy (non-hydrogen) atoms. The molecule has 1 aliphatic heterocycles. The molecule has 2 heterocycles. The zero-order valence-electron chi connectivity index (χ0n) is 9.39. The van der Waals surface area contributed by atoms with E-state index in [4.69, 9.17) is 17.3 Å². The second-order valence-electron chi connectivity index (χ2n) is 4.16. The fraction of sp³-hybridized carbons (Fsp3) is 0.545. The van der Waals surface area contributed by atoms with Crippen molar-refractivity contribution in [2.24, 2.45) is 0 Å². The average molecular weight is 241 g/mol. The lowest BCUT2D eigenvalue weighted by molar-refractivity contribution is 0.478. The summed E-state index contributed by atoms with van der Waals surface area (Å²) in [5.74, 6) is 0.758. The first-order valence-corrected chi connectivity index (χ1v) is 5.94. The van der Waals surface area contributed by atoms with Gasteiger partial charge in [0.05, 0.1) is 16.4 Å². The van der Waals surface area contributed by atoms with Gasteiger partial charge in [-0.2, -0.15) is 0 Å². The van der Waals surface area contributed by atoms with Crippen molar-refractivity contribution in [1.29, 1.82) is 0 Å². The van der Waals surface area contributed by atoms with Gasteiger partial charge in [-0.25, -0.2) is 4.98 Å². The molecule has 0 aliphatic carbocycles. The van der Waals surface area contributed by atoms with Crippen LogP contribution < -0.4 is 16.4 Å². The Balaban J connectivity index is 2.11. The molecular weight excluding hydrogens is 224 g/mol. The van der Waals surface area contributed by atoms with Gasteiger partial charge in [-0.1, -0.05) is 11.6 Å². The number of aromatic nitrogens is 1. The highest BCUT2D eigenvalue weighted by molar-refractivity contribution is 6.31. The van der Waals surface area contributed by atoms with Crippen LogP contribution in [0.25, 0.3) is 0 Å². The predicted molar refractivity (Wildman–Crippen MR) is 67.9 cm³/mol. The van der Waals surface area contributed by atoms with Gasteiger partial charge in [-0.15, -0.1) is 0 Å². The number of anilines is 2. The first kappa shape index (κ1) is 11.5. The number of nitrogens with zero attached hydrogens (tertiary/aromatic N) is 1. The van der Waals surface area contributed by atoms with Crippen molar-refractivity contribution in [1.82, 2.24) is 10.3 Å². The maximum absolute atomic E-state index is 5.95. The van der Waals surface area contributed by atoms with Crippen LogP contribution in [-0.2, 0) is 0 Å². The maximum atomic E-state index is 5.95. The number of rotatable bonds is 2. The molecule has 1 aromatic rings. The number of pyridine rings is 1. The number of nitrogen functional groups attached to an aromatic ring is 1. The molecule has 88 valence electrons. The number of nitrogens with one attached hydrogen (secondary N) is 2. The molecule has 0 unspecified atom stereocenters. The number of nitrogens with two attached hydrogens (primary N) is 1. The molecule has 1 saturated heterocycles. The Morgan fingerprint density at radius 3 is 2.88 bits per heavy atom. The van der Waals surface area contributed by atoms with Gasteiger partial charge in [0.25, 0.3) is 0 Å². The van der Waals surface area contributed by atoms with Crippen molar-refractivity contribution in [2.45, 2.75) is 25.8 Å². The molecule has 0 aromatic carbocycles. The lowest BCUT2D eigenvalue weighted by atomic mass is 10.1. The molecule has 0 saturated carbocycles. The van der Waals surface area contributed by atoms with Crippen molar-refractivity contribution >= 4 is 23.1 Å². The maximum Gasteiger partial charge on any atom is 0.149 e. The van der Waals surface area contributed by atoms with Crippen LogP contribution in [0, 0.1) is 6.92 Å². The van der Waals surface area contributed by atoms with Crippen LogP contribution in [0.15, 0.2) is 6.07 Å². The van der Waals surface area contributed by atoms with E-state index in [1.54, 1.807) is 6.07 Å². The lowest BCUT2D eigenvalue weighted by Crippen LogP contribution is -2.35. The van der Waals surface area contributed by atoms with Crippen molar-refractivity contribution in [3.05, 3.63) is 16.8 Å². The van der Waals surface area contributed by atoms with E-state index >= 15 is 0 Å². The third-order valence-corrected chi connectivity index (χ3v) is 3.24. The minimum atomic E-state index is 0.455. The summed E-state index contributed by atoms with van der Waals surface area (Å²) in [5, 5.41) is 7.32. The quantitative estimate of drug-likeness (QED) is 0.738. The Bertz CT molecular complexity index is 374. The van der Waals surface area contributed by atoms with Gasteiger partial charge in [0.15, 0.2) is 0 Å². The van der Waals surface area contributed by atoms with E-state index < -0.39 is 0 Å². The summed E-state index contributed by atoms with van der Waals surface area (Å²) in [4.78, 5) is 4.38. The Morgan fingerprint density at radius 2 is 2.19 bits per heavy atom. The van der Waals surface area contributed by atoms with E-state index in [-0.39, 0.29) is 0 Å². The van der Waals surface area contributed by atoms with Crippen molar-refractivity contribution in [3.63, 3.8) is 0 Å². The van der Waals surface area contributed by atoms with Crippen LogP contribution in [0.5, 0.6) is 0 Å². The largest absolute Gasteiger partial charge is 0.396 e. The lowest BCUT2D eigenvalue weighted by Gasteiger charge is -2.25. The second kappa shape index (κ2) is 4.89. The highest BCUT2D eigenvalue weighted by Gasteiger charge is 2.15. The molecule has 0 atom stereocenters. The van der Waals surface area contributed by atoms with Crippen LogP contribution in [0.2, 0.25) is 5.02 Å². The van der Waals surface area contributed by atoms with Gasteiger partial charge in [0, 0.05) is 6.04 Å². The Kier molecular flexibility index (Phi) is 3.51. The summed E-state index contributed by atoms with van der Waals surface area (Å²) < 4.78 is 0. The van der Waals surface area contributed by atoms with Crippen LogP contribution in [0.1, 0.15) is 18.5 Å². The van der Waals surface area contributed by atoms with E-state index in [0.717, 1.165) is 37.4 Å². The van der Waals surface area contributed by atoms with Crippen molar-refractivity contribution in [2.75, 3.05) is 24.1 Å². The molecule has 0 amide bonds. The van der Waals surface area contributed by atoms with Gasteiger partial charge in [-0.05, 0) is 38.9 Å². The molecular formula is C11H17ClN4. The zero-order chi connectivity index (χ0) is 11.5. The Hall–Kier alpha value is -1.00. The highest BCUT2D eigenvalue weighted by Crippen LogP contribution is 2.24. The fourth-order valence-corrected chi connectivity index (χ4v) is 2.03. The number of piperidine rings is 1. The summed E-state index contributed by atoms with van der Waals surface area (Å²) >= 11 is 5.95. The molecule has 4 nitrogen and oxygen atoms in total. The van der Waals surface area contributed by atoms with Crippen LogP contribution >= 0.6 is 11.6 Å². The normalized spacial score (nSPS) is 17.4. The monoisotopic (exact) mass is 240 g/mol. The van der Waals surface area contributed by atoms with Gasteiger partial charge in [0.2, 0.25) is 0 Å². The van der Waals surface area contributed by atoms with E-state index in [9.17, 15) is 0 Å². The molecule has 2 rings (SSSR count). The zero-order valence-corrected chi connectivity index (χ0v) is 10.1. The molecule has 0 radical (unpaired) electrons. The second-order valence-corrected chi connectivity index (χ2v) is 4.57. The molecule has 0 bridgehead atoms. The van der Waals surface area contributed by atoms with Gasteiger partial charge < -0.3 is 16.4 Å². The third kappa shape index (κ3) is 2.57. The number of aryl methyl sites for hydroxylation is 1. The van der Waals surface area contributed by atoms with Crippen LogP contribution in [0.4, 0.5) is 11.5 Å². The van der Waals surface area contributed by atoms with E-state index in [1.165, 1.54) is 0 Å². The van der Waals surface area contributed by atoms with Gasteiger partial charge >= 0.3 is 0 Å². The fourth-order valence-electron chi connectivity index (χ4n) is 1.87. The minimum Gasteiger partial charge on any atom is -0.396 e. The summed E-state index contributed by atoms with van der Waals surface area (Å²) in [6.45, 7) is 3.98. The molecule has 0 spiro atoms. The summed E-state index contributed by atoms with van der Waals surface area (Å²) in [7, 11) is 0. The highest BCUT2D eigenvalue weighted by atomic mass is 35.5. The first-order chi connectivity index (χ1) is 7.66. The van der Waals surface area contributed by atoms with Gasteiger partial charge in [-0.3, -0.25) is 0 Å². The SMILES string of the molecule is Cc1nc(NC2CCNCC2)c(N)cc1Cl. The van der Waals surface area contributed by atoms with E-state index in [1.807, 2.05) is 6.92 Å². The summed E-state index contributed by atoms with van der Waals surface area (Å²) in [6, 6.07) is 2.21. The smallest absolute Gasteiger partial charge is 0.149 e. The number of hydrogen-bond acceptors (Lipinski definition) is 4. The topological polar surface area (TPSA) is 63.0 Å². The molecule has 1 aromatic heterocycles. The Labute approximate surface area is 101 Å². The minimum absolute atomic E-state index is 0.455. The van der Waals surface area contributed by atoms with Gasteiger partial charge in [0.1, 0.15) is 5.82 Å². The predicted octanol–water partition coefficient (Wildman–Crippen LogP) is 1.79. The van der Waals surface area contributed by atoms with Crippen molar-refractivity contribution in [3.8, 4) is 0 Å². The molecule has 1 fully saturated rings. The van der Waals surface area contributed by atoms with E-state index in [2.05, 4.69) is 15.6 Å².